The molecule has 0 saturated heterocycles. The molecule has 0 atom stereocenters. The molecule has 11 heavy (non-hydrogen) atoms. The Balaban J connectivity index is 3.16. The van der Waals surface area contributed by atoms with Crippen molar-refractivity contribution in [2.45, 2.75) is 26.4 Å². The molecule has 0 fully saturated rings. The molecule has 1 heterocycles. The summed E-state index contributed by atoms with van der Waals surface area (Å²) in [6, 6.07) is 0. The molecule has 0 radical (unpaired) electrons. The van der Waals surface area contributed by atoms with Crippen molar-refractivity contribution in [1.29, 1.82) is 0 Å². The summed E-state index contributed by atoms with van der Waals surface area (Å²) < 4.78 is 0.745. The topological polar surface area (TPSA) is 46.4 Å². The smallest absolute Gasteiger partial charge is 0.319 e. The highest BCUT2D eigenvalue weighted by molar-refractivity contribution is 6.36. The number of hydrogen-bond donors (Lipinski definition) is 0. The number of nitrogens with zero attached hydrogens (tertiary/aromatic N) is 2. The van der Waals surface area contributed by atoms with E-state index in [1.165, 1.54) is 4.90 Å². The van der Waals surface area contributed by atoms with E-state index in [0.717, 1.165) is 4.74 Å². The summed E-state index contributed by atoms with van der Waals surface area (Å²) >= 11 is 0. The van der Waals surface area contributed by atoms with Gasteiger partial charge in [-0.05, 0) is 0 Å². The monoisotopic (exact) mass is 156 g/mol. The number of carbonyl (C=O) groups excluding carboxylic acids is 1. The number of amides is 1. The van der Waals surface area contributed by atoms with Crippen molar-refractivity contribution in [1.82, 2.24) is 4.90 Å². The van der Waals surface area contributed by atoms with Gasteiger partial charge >= 0.3 is 5.91 Å². The SMILES string of the molecule is CC1=[N+]([O-])C(C)(C)N(C)C1=O. The van der Waals surface area contributed by atoms with Crippen LogP contribution in [0.2, 0.25) is 0 Å². The molecule has 1 aliphatic heterocycles. The Labute approximate surface area is 65.7 Å². The van der Waals surface area contributed by atoms with Crippen molar-refractivity contribution in [2.75, 3.05) is 7.05 Å². The fourth-order valence-electron chi connectivity index (χ4n) is 1.12. The van der Waals surface area contributed by atoms with Crippen LogP contribution in [0.25, 0.3) is 0 Å². The largest absolute Gasteiger partial charge is 0.622 e. The van der Waals surface area contributed by atoms with Gasteiger partial charge in [0, 0.05) is 27.8 Å². The standard InChI is InChI=1S/C7H12N2O2/c1-5-6(10)8(4)7(2,3)9(5)11/h1-4H3. The van der Waals surface area contributed by atoms with Crippen molar-refractivity contribution in [3.63, 3.8) is 0 Å². The van der Waals surface area contributed by atoms with Crippen LogP contribution in [0.5, 0.6) is 0 Å². The molecule has 4 heteroatoms. The van der Waals surface area contributed by atoms with Crippen molar-refractivity contribution < 1.29 is 9.53 Å². The van der Waals surface area contributed by atoms with E-state index in [-0.39, 0.29) is 11.6 Å². The van der Waals surface area contributed by atoms with E-state index < -0.39 is 5.66 Å². The lowest BCUT2D eigenvalue weighted by Crippen LogP contribution is -2.44. The van der Waals surface area contributed by atoms with Crippen molar-refractivity contribution >= 4 is 11.6 Å². The molecule has 0 aliphatic carbocycles. The zero-order chi connectivity index (χ0) is 8.81. The Hall–Kier alpha value is -1.06. The van der Waals surface area contributed by atoms with Crippen LogP contribution >= 0.6 is 0 Å². The maximum absolute atomic E-state index is 11.3. The molecule has 0 saturated carbocycles. The number of carbonyl (C=O) groups is 1. The molecule has 0 unspecified atom stereocenters. The first-order valence-corrected chi connectivity index (χ1v) is 3.48. The predicted octanol–water partition coefficient (Wildman–Crippen LogP) is 0.166. The summed E-state index contributed by atoms with van der Waals surface area (Å²) in [7, 11) is 1.63. The van der Waals surface area contributed by atoms with E-state index in [0.29, 0.717) is 0 Å². The minimum absolute atomic E-state index is 0.190. The van der Waals surface area contributed by atoms with Crippen LogP contribution in [-0.4, -0.2) is 34.0 Å². The summed E-state index contributed by atoms with van der Waals surface area (Å²) in [6.07, 6.45) is 0. The Bertz CT molecular complexity index is 243. The summed E-state index contributed by atoms with van der Waals surface area (Å²) in [5, 5.41) is 11.3. The van der Waals surface area contributed by atoms with Crippen LogP contribution < -0.4 is 0 Å². The zero-order valence-corrected chi connectivity index (χ0v) is 7.21. The van der Waals surface area contributed by atoms with Gasteiger partial charge in [-0.25, -0.2) is 0 Å². The first kappa shape index (κ1) is 8.04. The predicted molar refractivity (Wildman–Crippen MR) is 41.2 cm³/mol. The van der Waals surface area contributed by atoms with Gasteiger partial charge in [0.05, 0.1) is 0 Å². The van der Waals surface area contributed by atoms with Crippen LogP contribution in [0.4, 0.5) is 0 Å². The highest BCUT2D eigenvalue weighted by Crippen LogP contribution is 2.19. The second-order valence-electron chi connectivity index (χ2n) is 3.24. The third-order valence-corrected chi connectivity index (χ3v) is 2.24. The second-order valence-corrected chi connectivity index (χ2v) is 3.24. The fraction of sp³-hybridized carbons (Fsp3) is 0.714. The van der Waals surface area contributed by atoms with Gasteiger partial charge < -0.3 is 5.21 Å². The van der Waals surface area contributed by atoms with Crippen LogP contribution in [0.15, 0.2) is 0 Å². The molecule has 0 aromatic heterocycles. The zero-order valence-electron chi connectivity index (χ0n) is 7.21. The van der Waals surface area contributed by atoms with Gasteiger partial charge in [-0.15, -0.1) is 0 Å². The molecule has 0 bridgehead atoms. The average molecular weight is 156 g/mol. The third-order valence-electron chi connectivity index (χ3n) is 2.24. The fourth-order valence-corrected chi connectivity index (χ4v) is 1.12. The summed E-state index contributed by atoms with van der Waals surface area (Å²) in [4.78, 5) is 12.6. The van der Waals surface area contributed by atoms with Crippen molar-refractivity contribution in [2.24, 2.45) is 0 Å². The van der Waals surface area contributed by atoms with Crippen molar-refractivity contribution in [3.05, 3.63) is 5.21 Å². The van der Waals surface area contributed by atoms with Gasteiger partial charge in [0.25, 0.3) is 5.71 Å². The molecular formula is C7H12N2O2. The van der Waals surface area contributed by atoms with Gasteiger partial charge in [-0.1, -0.05) is 0 Å². The molecule has 4 nitrogen and oxygen atoms in total. The molecule has 1 amide bonds. The minimum atomic E-state index is -0.721. The quantitative estimate of drug-likeness (QED) is 0.370. The first-order chi connectivity index (χ1) is 4.89. The molecule has 1 rings (SSSR count). The molecule has 0 aromatic carbocycles. The second kappa shape index (κ2) is 1.96. The third kappa shape index (κ3) is 0.818. The van der Waals surface area contributed by atoms with Crippen molar-refractivity contribution in [3.8, 4) is 0 Å². The number of hydroxylamine groups is 1. The Morgan fingerprint density at radius 1 is 1.55 bits per heavy atom. The summed E-state index contributed by atoms with van der Waals surface area (Å²) in [5.41, 5.74) is -0.459. The van der Waals surface area contributed by atoms with E-state index >= 15 is 0 Å². The molecule has 0 spiro atoms. The van der Waals surface area contributed by atoms with Crippen LogP contribution in [0, 0.1) is 5.21 Å². The lowest BCUT2D eigenvalue weighted by molar-refractivity contribution is -0.555. The van der Waals surface area contributed by atoms with E-state index in [1.807, 2.05) is 0 Å². The van der Waals surface area contributed by atoms with Gasteiger partial charge in [0.1, 0.15) is 0 Å². The van der Waals surface area contributed by atoms with Gasteiger partial charge in [0.2, 0.25) is 5.66 Å². The number of hydrogen-bond acceptors (Lipinski definition) is 2. The van der Waals surface area contributed by atoms with Gasteiger partial charge in [0.15, 0.2) is 0 Å². The maximum Gasteiger partial charge on any atom is 0.319 e. The highest BCUT2D eigenvalue weighted by atomic mass is 16.5. The average Bonchev–Trinajstić information content (AvgIpc) is 2.06. The van der Waals surface area contributed by atoms with Gasteiger partial charge in [-0.3, -0.25) is 9.69 Å². The molecule has 1 aliphatic rings. The van der Waals surface area contributed by atoms with Gasteiger partial charge in [-0.2, -0.15) is 4.74 Å². The molecule has 0 aromatic rings. The lowest BCUT2D eigenvalue weighted by Gasteiger charge is -2.24. The Morgan fingerprint density at radius 2 is 2.00 bits per heavy atom. The normalized spacial score (nSPS) is 23.3. The Kier molecular flexibility index (Phi) is 1.44. The van der Waals surface area contributed by atoms with E-state index in [9.17, 15) is 10.0 Å². The first-order valence-electron chi connectivity index (χ1n) is 3.48. The summed E-state index contributed by atoms with van der Waals surface area (Å²) in [6.45, 7) is 4.98. The lowest BCUT2D eigenvalue weighted by atomic mass is 10.2. The molecule has 62 valence electrons. The van der Waals surface area contributed by atoms with E-state index in [1.54, 1.807) is 27.8 Å². The van der Waals surface area contributed by atoms with Crippen LogP contribution in [-0.2, 0) is 4.79 Å². The van der Waals surface area contributed by atoms with Crippen LogP contribution in [0.1, 0.15) is 20.8 Å². The molecule has 0 N–H and O–H groups in total. The number of rotatable bonds is 0. The maximum atomic E-state index is 11.3. The summed E-state index contributed by atoms with van der Waals surface area (Å²) in [5.74, 6) is -0.190. The highest BCUT2D eigenvalue weighted by Gasteiger charge is 2.45. The van der Waals surface area contributed by atoms with E-state index in [2.05, 4.69) is 0 Å². The Morgan fingerprint density at radius 3 is 2.09 bits per heavy atom. The van der Waals surface area contributed by atoms with Crippen LogP contribution in [0.3, 0.4) is 0 Å². The van der Waals surface area contributed by atoms with E-state index in [4.69, 9.17) is 0 Å². The minimum Gasteiger partial charge on any atom is -0.622 e. The molecular weight excluding hydrogens is 144 g/mol.